The first-order valence-corrected chi connectivity index (χ1v) is 15.7. The maximum absolute atomic E-state index is 6.42. The first-order valence-electron chi connectivity index (χ1n) is 15.7. The summed E-state index contributed by atoms with van der Waals surface area (Å²) in [6.45, 7) is 10.8. The number of aromatic amines is 1. The molecule has 2 aliphatic rings. The van der Waals surface area contributed by atoms with E-state index in [4.69, 9.17) is 9.47 Å². The van der Waals surface area contributed by atoms with Crippen molar-refractivity contribution in [1.29, 1.82) is 0 Å². The quantitative estimate of drug-likeness (QED) is 0.279. The lowest BCUT2D eigenvalue weighted by atomic mass is 9.80. The lowest BCUT2D eigenvalue weighted by Gasteiger charge is -2.29. The minimum absolute atomic E-state index is 0.374. The van der Waals surface area contributed by atoms with Crippen molar-refractivity contribution in [3.05, 3.63) is 88.1 Å². The van der Waals surface area contributed by atoms with Crippen LogP contribution in [-0.2, 0) is 6.42 Å². The average molecular weight is 576 g/mol. The summed E-state index contributed by atoms with van der Waals surface area (Å²) in [7, 11) is 6.09. The Morgan fingerprint density at radius 2 is 1.77 bits per heavy atom. The van der Waals surface area contributed by atoms with Gasteiger partial charge in [-0.3, -0.25) is 0 Å². The van der Waals surface area contributed by atoms with Crippen LogP contribution in [0.15, 0.2) is 66.2 Å². The van der Waals surface area contributed by atoms with Crippen molar-refractivity contribution >= 4 is 22.2 Å². The van der Waals surface area contributed by atoms with Crippen LogP contribution in [0.25, 0.3) is 33.3 Å². The third-order valence-electron chi connectivity index (χ3n) is 9.63. The minimum atomic E-state index is 0.374. The van der Waals surface area contributed by atoms with Gasteiger partial charge in [0.25, 0.3) is 0 Å². The Hall–Kier alpha value is -3.83. The van der Waals surface area contributed by atoms with Crippen LogP contribution in [0.5, 0.6) is 11.5 Å². The van der Waals surface area contributed by atoms with Gasteiger partial charge in [-0.05, 0) is 134 Å². The van der Waals surface area contributed by atoms with E-state index in [0.29, 0.717) is 17.8 Å². The van der Waals surface area contributed by atoms with Crippen LogP contribution in [0.1, 0.15) is 45.0 Å². The maximum atomic E-state index is 6.42. The summed E-state index contributed by atoms with van der Waals surface area (Å²) in [4.78, 5) is 10.2. The molecule has 1 aliphatic carbocycles. The van der Waals surface area contributed by atoms with E-state index in [-0.39, 0.29) is 0 Å². The number of hydrogen-bond donors (Lipinski definition) is 1. The molecular weight excluding hydrogens is 530 g/mol. The minimum Gasteiger partial charge on any atom is -0.497 e. The van der Waals surface area contributed by atoms with Crippen molar-refractivity contribution in [2.45, 2.75) is 47.0 Å². The molecule has 5 nitrogen and oxygen atoms in total. The molecule has 0 fully saturated rings. The summed E-state index contributed by atoms with van der Waals surface area (Å²) >= 11 is 0. The number of aromatic nitrogens is 2. The Bertz CT molecular complexity index is 1810. The van der Waals surface area contributed by atoms with Gasteiger partial charge in [0.1, 0.15) is 17.3 Å². The molecule has 1 N–H and O–H groups in total. The van der Waals surface area contributed by atoms with Gasteiger partial charge in [0.2, 0.25) is 0 Å². The van der Waals surface area contributed by atoms with E-state index in [0.717, 1.165) is 60.8 Å². The molecule has 43 heavy (non-hydrogen) atoms. The molecule has 5 heteroatoms. The van der Waals surface area contributed by atoms with E-state index in [1.165, 1.54) is 43.8 Å². The molecule has 3 unspecified atom stereocenters. The predicted octanol–water partition coefficient (Wildman–Crippen LogP) is 6.67. The molecule has 2 heterocycles. The summed E-state index contributed by atoms with van der Waals surface area (Å²) < 4.78 is 12.1. The average Bonchev–Trinajstić information content (AvgIpc) is 3.33. The van der Waals surface area contributed by atoms with E-state index in [9.17, 15) is 0 Å². The van der Waals surface area contributed by atoms with Crippen LogP contribution in [0.3, 0.4) is 0 Å². The Labute approximate surface area is 255 Å². The van der Waals surface area contributed by atoms with Gasteiger partial charge < -0.3 is 19.4 Å². The molecule has 3 atom stereocenters. The largest absolute Gasteiger partial charge is 0.497 e. The SMILES string of the molecule is COc1ccc2c(c1)=C(C)C(C)C(CN(C)C)=CC=2CC1CCOc2ccc(-c3ccc4nc(C)[nH]c4c3)cc2CC1C. The Kier molecular flexibility index (Phi) is 8.19. The normalized spacial score (nSPS) is 20.6. The number of nitrogens with one attached hydrogen (secondary N) is 1. The number of fused-ring (bicyclic) bond motifs is 3. The van der Waals surface area contributed by atoms with Gasteiger partial charge >= 0.3 is 0 Å². The van der Waals surface area contributed by atoms with Gasteiger partial charge in [0.05, 0.1) is 24.8 Å². The maximum Gasteiger partial charge on any atom is 0.122 e. The molecule has 0 amide bonds. The number of aryl methyl sites for hydroxylation is 1. The molecule has 0 saturated carbocycles. The molecule has 1 aliphatic heterocycles. The first kappa shape index (κ1) is 29.3. The number of allylic oxidation sites excluding steroid dienone is 1. The molecular formula is C38H45N3O2. The molecule has 1 aromatic heterocycles. The van der Waals surface area contributed by atoms with Crippen molar-refractivity contribution in [3.8, 4) is 22.6 Å². The van der Waals surface area contributed by atoms with Gasteiger partial charge in [-0.25, -0.2) is 4.98 Å². The van der Waals surface area contributed by atoms with Crippen LogP contribution in [0.2, 0.25) is 0 Å². The van der Waals surface area contributed by atoms with E-state index in [2.05, 4.69) is 110 Å². The molecule has 4 aromatic rings. The second kappa shape index (κ2) is 12.0. The summed E-state index contributed by atoms with van der Waals surface area (Å²) in [5, 5.41) is 2.67. The zero-order valence-corrected chi connectivity index (χ0v) is 26.8. The number of H-pyrrole nitrogens is 1. The second-order valence-electron chi connectivity index (χ2n) is 13.0. The number of nitrogens with zero attached hydrogens (tertiary/aromatic N) is 2. The third kappa shape index (κ3) is 6.01. The van der Waals surface area contributed by atoms with E-state index >= 15 is 0 Å². The Balaban J connectivity index is 1.34. The summed E-state index contributed by atoms with van der Waals surface area (Å²) in [6, 6.07) is 19.8. The highest BCUT2D eigenvalue weighted by molar-refractivity contribution is 5.82. The first-order chi connectivity index (χ1) is 20.7. The van der Waals surface area contributed by atoms with Gasteiger partial charge in [0, 0.05) is 12.5 Å². The highest BCUT2D eigenvalue weighted by atomic mass is 16.5. The number of likely N-dealkylation sites (N-methyl/N-ethyl adjacent to an activating group) is 1. The van der Waals surface area contributed by atoms with Crippen LogP contribution >= 0.6 is 0 Å². The van der Waals surface area contributed by atoms with Gasteiger partial charge in [-0.1, -0.05) is 43.7 Å². The number of imidazole rings is 1. The number of methoxy groups -OCH3 is 1. The summed E-state index contributed by atoms with van der Waals surface area (Å²) in [5.41, 5.74) is 10.1. The molecule has 0 saturated heterocycles. The van der Waals surface area contributed by atoms with Crippen LogP contribution in [-0.4, -0.2) is 49.2 Å². The smallest absolute Gasteiger partial charge is 0.122 e. The van der Waals surface area contributed by atoms with Crippen LogP contribution in [0, 0.1) is 24.7 Å². The van der Waals surface area contributed by atoms with Crippen molar-refractivity contribution in [3.63, 3.8) is 0 Å². The lowest BCUT2D eigenvalue weighted by molar-refractivity contribution is 0.225. The summed E-state index contributed by atoms with van der Waals surface area (Å²) in [5.74, 6) is 4.29. The highest BCUT2D eigenvalue weighted by Crippen LogP contribution is 2.36. The van der Waals surface area contributed by atoms with Crippen molar-refractivity contribution in [1.82, 2.24) is 14.9 Å². The van der Waals surface area contributed by atoms with Crippen molar-refractivity contribution in [2.24, 2.45) is 17.8 Å². The lowest BCUT2D eigenvalue weighted by Crippen LogP contribution is -2.30. The molecule has 0 radical (unpaired) electrons. The molecule has 6 rings (SSSR count). The number of hydrogen-bond acceptors (Lipinski definition) is 4. The molecule has 0 spiro atoms. The van der Waals surface area contributed by atoms with Gasteiger partial charge in [0.15, 0.2) is 0 Å². The van der Waals surface area contributed by atoms with Crippen LogP contribution < -0.4 is 19.9 Å². The second-order valence-corrected chi connectivity index (χ2v) is 13.0. The highest BCUT2D eigenvalue weighted by Gasteiger charge is 2.25. The molecule has 0 bridgehead atoms. The molecule has 224 valence electrons. The number of ether oxygens (including phenoxy) is 2. The molecule has 3 aromatic carbocycles. The zero-order chi connectivity index (χ0) is 30.2. The fourth-order valence-corrected chi connectivity index (χ4v) is 6.99. The number of benzene rings is 3. The fourth-order valence-electron chi connectivity index (χ4n) is 6.99. The zero-order valence-electron chi connectivity index (χ0n) is 26.8. The third-order valence-corrected chi connectivity index (χ3v) is 9.63. The fraction of sp³-hybridized carbons (Fsp3) is 0.395. The van der Waals surface area contributed by atoms with Crippen LogP contribution in [0.4, 0.5) is 0 Å². The van der Waals surface area contributed by atoms with E-state index in [1.807, 2.05) is 6.92 Å². The van der Waals surface area contributed by atoms with E-state index < -0.39 is 0 Å². The van der Waals surface area contributed by atoms with Crippen molar-refractivity contribution in [2.75, 3.05) is 34.4 Å². The van der Waals surface area contributed by atoms with Gasteiger partial charge in [-0.15, -0.1) is 0 Å². The summed E-state index contributed by atoms with van der Waals surface area (Å²) in [6.07, 6.45) is 5.59. The Morgan fingerprint density at radius 1 is 0.977 bits per heavy atom. The Morgan fingerprint density at radius 3 is 2.56 bits per heavy atom. The van der Waals surface area contributed by atoms with Gasteiger partial charge in [-0.2, -0.15) is 0 Å². The number of rotatable bonds is 6. The standard InChI is InChI=1S/C38H45N3O2/c1-23-16-31-18-28(29-8-12-36-37(20-29)40-26(4)39-36)9-13-38(31)43-15-14-27(23)17-30-19-32(22-41(5)6)24(2)25(3)35-21-33(42-7)10-11-34(30)35/h8-13,18-21,23-24,27H,14-17,22H2,1-7H3,(H,39,40). The monoisotopic (exact) mass is 575 g/mol. The van der Waals surface area contributed by atoms with Crippen molar-refractivity contribution < 1.29 is 9.47 Å². The predicted molar refractivity (Wildman–Crippen MR) is 178 cm³/mol. The van der Waals surface area contributed by atoms with E-state index in [1.54, 1.807) is 7.11 Å². The topological polar surface area (TPSA) is 50.4 Å².